The molecule has 0 rings (SSSR count). The number of nitrogens with two attached hydrogens (primary N) is 11. The van der Waals surface area contributed by atoms with E-state index in [2.05, 4.69) is 57.1 Å². The van der Waals surface area contributed by atoms with E-state index in [0.29, 0.717) is 32.2 Å². The predicted molar refractivity (Wildman–Crippen MR) is 270 cm³/mol. The minimum atomic E-state index is -1.92. The number of aldehydes is 1. The summed E-state index contributed by atoms with van der Waals surface area (Å²) in [5, 5.41) is 11.4. The van der Waals surface area contributed by atoms with Gasteiger partial charge < -0.3 is 73.2 Å². The van der Waals surface area contributed by atoms with Crippen LogP contribution in [0.4, 0.5) is 8.78 Å². The molecule has 0 amide bonds. The summed E-state index contributed by atoms with van der Waals surface area (Å²) >= 11 is 0. The lowest BCUT2D eigenvalue weighted by Crippen LogP contribution is -2.54. The molecule has 0 aliphatic carbocycles. The van der Waals surface area contributed by atoms with E-state index in [-0.39, 0.29) is 133 Å². The number of aliphatic imine (C=N–C) groups is 5. The summed E-state index contributed by atoms with van der Waals surface area (Å²) in [4.78, 5) is 97.7. The molecular formula is C41H82F2N22O6. The minimum absolute atomic E-state index is 0.00359. The van der Waals surface area contributed by atoms with Gasteiger partial charge in [-0.1, -0.05) is 0 Å². The first kappa shape index (κ1) is 65.0. The highest BCUT2D eigenvalue weighted by Crippen LogP contribution is 2.13. The molecule has 0 saturated carbocycles. The first-order valence-corrected chi connectivity index (χ1v) is 23.4. The van der Waals surface area contributed by atoms with Gasteiger partial charge in [0.1, 0.15) is 12.1 Å². The van der Waals surface area contributed by atoms with Crippen LogP contribution in [-0.4, -0.2) is 167 Å². The zero-order chi connectivity index (χ0) is 53.6. The third kappa shape index (κ3) is 35.7. The van der Waals surface area contributed by atoms with Gasteiger partial charge in [-0.15, -0.1) is 0 Å². The molecule has 7 atom stereocenters. The summed E-state index contributed by atoms with van der Waals surface area (Å²) in [6, 6.07) is -5.66. The summed E-state index contributed by atoms with van der Waals surface area (Å²) in [7, 11) is 0. The third-order valence-corrected chi connectivity index (χ3v) is 10.3. The zero-order valence-corrected chi connectivity index (χ0v) is 40.7. The monoisotopic (exact) mass is 1020 g/mol. The fourth-order valence-corrected chi connectivity index (χ4v) is 6.70. The van der Waals surface area contributed by atoms with E-state index in [4.69, 9.17) is 63.1 Å². The average molecular weight is 1020 g/mol. The molecule has 28 N–H and O–H groups in total. The Morgan fingerprint density at radius 1 is 0.535 bits per heavy atom. The summed E-state index contributed by atoms with van der Waals surface area (Å²) < 4.78 is 28.5. The van der Waals surface area contributed by atoms with Crippen LogP contribution in [0.15, 0.2) is 25.0 Å². The van der Waals surface area contributed by atoms with Crippen LogP contribution in [0.3, 0.4) is 0 Å². The van der Waals surface area contributed by atoms with Gasteiger partial charge in [-0.2, -0.15) is 0 Å². The second kappa shape index (κ2) is 39.6. The number of Topliss-reactive ketones (excluding diaryl/α,β-unsaturated/α-hetero) is 5. The van der Waals surface area contributed by atoms with Gasteiger partial charge in [0.2, 0.25) is 0 Å². The van der Waals surface area contributed by atoms with Crippen LogP contribution < -0.4 is 95.2 Å². The van der Waals surface area contributed by atoms with Crippen molar-refractivity contribution in [1.29, 1.82) is 0 Å². The van der Waals surface area contributed by atoms with Crippen LogP contribution in [0.25, 0.3) is 0 Å². The summed E-state index contributed by atoms with van der Waals surface area (Å²) in [6.07, 6.45) is -0.239. The molecule has 0 aliphatic rings. The Morgan fingerprint density at radius 2 is 0.958 bits per heavy atom. The molecule has 0 aromatic carbocycles. The molecule has 0 fully saturated rings. The number of halogens is 2. The van der Waals surface area contributed by atoms with Gasteiger partial charge in [0.15, 0.2) is 59.2 Å². The van der Waals surface area contributed by atoms with Gasteiger partial charge in [-0.3, -0.25) is 69.3 Å². The molecule has 0 aromatic heterocycles. The summed E-state index contributed by atoms with van der Waals surface area (Å²) in [6.45, 7) is -0.365. The molecule has 0 saturated heterocycles. The lowest BCUT2D eigenvalue weighted by Gasteiger charge is -2.25. The number of rotatable bonds is 46. The van der Waals surface area contributed by atoms with Crippen LogP contribution >= 0.6 is 0 Å². The number of alkyl halides is 2. The Labute approximate surface area is 413 Å². The second-order valence-electron chi connectivity index (χ2n) is 16.5. The number of carbonyl (C=O) groups is 6. The Kier molecular flexibility index (Phi) is 36.3. The standard InChI is InChI=1S/C41H82F2N22O6/c42-12-11-27(67)21-55-22-35(71)31(10-5-17-60-41(53)54)65-64-30(9-4-16-59-40(51)52)34(70)20-33(69)29(8-3-15-58-39(49)50)63-36(43)19-25(44)18-32(68)28(7-2-14-57-38(47)48)62-24-61-26(23-66)6-1-13-56-37(45)46/h23,25-26,28-31,36,55,61-65H,1-22,24,44H2,(H4,45,46,56)(H4,47,48,57)(H4,49,50,58)(H4,51,52,59)(H4,53,54,60)/t25?,26-,28-,29-,30-,31-,36?/m0/s1. The first-order valence-electron chi connectivity index (χ1n) is 23.4. The van der Waals surface area contributed by atoms with Crippen molar-refractivity contribution in [2.24, 2.45) is 88.0 Å². The smallest absolute Gasteiger partial charge is 0.185 e. The van der Waals surface area contributed by atoms with Crippen molar-refractivity contribution in [3.8, 4) is 0 Å². The number of ketones is 5. The lowest BCUT2D eigenvalue weighted by atomic mass is 9.96. The average Bonchev–Trinajstić information content (AvgIpc) is 3.28. The maximum Gasteiger partial charge on any atom is 0.185 e. The summed E-state index contributed by atoms with van der Waals surface area (Å²) in [5.41, 5.74) is 66.4. The van der Waals surface area contributed by atoms with E-state index < -0.39 is 85.2 Å². The van der Waals surface area contributed by atoms with Crippen LogP contribution in [0.2, 0.25) is 0 Å². The quantitative estimate of drug-likeness (QED) is 0.00394. The molecule has 0 radical (unpaired) electrons. The van der Waals surface area contributed by atoms with Gasteiger partial charge in [-0.05, 0) is 64.2 Å². The van der Waals surface area contributed by atoms with Gasteiger partial charge >= 0.3 is 0 Å². The number of hydrogen-bond donors (Lipinski definition) is 17. The highest BCUT2D eigenvalue weighted by atomic mass is 19.1. The Balaban J connectivity index is 6.14. The highest BCUT2D eigenvalue weighted by molar-refractivity contribution is 6.03. The Hall–Kier alpha value is -6.05. The van der Waals surface area contributed by atoms with E-state index >= 15 is 4.39 Å². The molecule has 0 spiro atoms. The van der Waals surface area contributed by atoms with Crippen molar-refractivity contribution in [3.63, 3.8) is 0 Å². The number of carbonyl (C=O) groups excluding carboxylic acids is 6. The number of guanidine groups is 5. The van der Waals surface area contributed by atoms with Crippen molar-refractivity contribution in [1.82, 2.24) is 32.1 Å². The number of nitrogens with zero attached hydrogens (tertiary/aromatic N) is 5. The normalized spacial score (nSPS) is 14.0. The van der Waals surface area contributed by atoms with E-state index in [1.807, 2.05) is 0 Å². The number of hydrazine groups is 1. The minimum Gasteiger partial charge on any atom is -0.370 e. The maximum atomic E-state index is 15.9. The van der Waals surface area contributed by atoms with Crippen molar-refractivity contribution < 1.29 is 37.5 Å². The van der Waals surface area contributed by atoms with Gasteiger partial charge in [0, 0.05) is 64.7 Å². The molecule has 0 heterocycles. The molecule has 0 aromatic rings. The van der Waals surface area contributed by atoms with Crippen LogP contribution in [-0.2, 0) is 28.8 Å². The lowest BCUT2D eigenvalue weighted by molar-refractivity contribution is -0.131. The van der Waals surface area contributed by atoms with E-state index in [9.17, 15) is 33.2 Å². The predicted octanol–water partition coefficient (Wildman–Crippen LogP) is -6.30. The molecule has 0 bridgehead atoms. The third-order valence-electron chi connectivity index (χ3n) is 10.3. The van der Waals surface area contributed by atoms with Gasteiger partial charge in [-0.25, -0.2) is 15.2 Å². The van der Waals surface area contributed by atoms with Crippen LogP contribution in [0.1, 0.15) is 89.9 Å². The van der Waals surface area contributed by atoms with Crippen molar-refractivity contribution in [2.45, 2.75) is 132 Å². The number of nitrogens with one attached hydrogen (secondary N) is 6. The molecule has 71 heavy (non-hydrogen) atoms. The van der Waals surface area contributed by atoms with Crippen molar-refractivity contribution in [3.05, 3.63) is 0 Å². The fraction of sp³-hybridized carbons (Fsp3) is 0.732. The second-order valence-corrected chi connectivity index (χ2v) is 16.5. The highest BCUT2D eigenvalue weighted by Gasteiger charge is 2.30. The Bertz CT molecular complexity index is 1740. The van der Waals surface area contributed by atoms with E-state index in [0.717, 1.165) is 6.29 Å². The van der Waals surface area contributed by atoms with E-state index in [1.165, 1.54) is 0 Å². The molecule has 30 heteroatoms. The molecular weight excluding hydrogens is 935 g/mol. The molecule has 406 valence electrons. The molecule has 28 nitrogen and oxygen atoms in total. The summed E-state index contributed by atoms with van der Waals surface area (Å²) in [5.74, 6) is -3.23. The largest absolute Gasteiger partial charge is 0.370 e. The number of hydrogen-bond acceptors (Lipinski definition) is 18. The molecule has 0 aliphatic heterocycles. The van der Waals surface area contributed by atoms with Crippen molar-refractivity contribution >= 4 is 65.0 Å². The zero-order valence-electron chi connectivity index (χ0n) is 40.7. The van der Waals surface area contributed by atoms with Crippen LogP contribution in [0, 0.1) is 0 Å². The molecule has 2 unspecified atom stereocenters. The SMILES string of the molecule is NC(N)=NCCC[C@@H](C=O)NCN[C@@H](CCCN=C(N)N)C(=O)CC(N)CC(F)N[C@@H](CCCN=C(N)N)C(=O)CC(=O)[C@H](CCCN=C(N)N)NN[C@@H](CCCN=C(N)N)C(=O)CNCC(=O)CCF. The Morgan fingerprint density at radius 3 is 1.41 bits per heavy atom. The maximum absolute atomic E-state index is 15.9. The first-order chi connectivity index (χ1) is 33.7. The van der Waals surface area contributed by atoms with Crippen molar-refractivity contribution in [2.75, 3.05) is 59.2 Å². The topological polar surface area (TPSA) is 523 Å². The van der Waals surface area contributed by atoms with Gasteiger partial charge in [0.05, 0.1) is 56.4 Å². The fourth-order valence-electron chi connectivity index (χ4n) is 6.70. The van der Waals surface area contributed by atoms with E-state index in [1.54, 1.807) is 0 Å². The van der Waals surface area contributed by atoms with Gasteiger partial charge in [0.25, 0.3) is 0 Å². The van der Waals surface area contributed by atoms with Crippen LogP contribution in [0.5, 0.6) is 0 Å².